The monoisotopic (exact) mass is 235 g/mol. The molecule has 3 aromatic rings. The van der Waals surface area contributed by atoms with Crippen molar-refractivity contribution in [1.82, 2.24) is 19.6 Å². The van der Waals surface area contributed by atoms with Crippen LogP contribution < -0.4 is 5.73 Å². The second-order valence-electron chi connectivity index (χ2n) is 3.67. The number of nitrogens with zero attached hydrogens (tertiary/aromatic N) is 4. The maximum atomic E-state index is 5.59. The summed E-state index contributed by atoms with van der Waals surface area (Å²) in [6, 6.07) is 5.36. The molecule has 2 N–H and O–H groups in total. The van der Waals surface area contributed by atoms with Crippen LogP contribution in [0.1, 0.15) is 11.1 Å². The van der Waals surface area contributed by atoms with Crippen molar-refractivity contribution in [2.75, 3.05) is 5.73 Å². The standard InChI is InChI=1S/C13H9N5/c14-12-8-10(4-6-15-12)2-3-11-9-17-18-7-1-5-16-13(11)18/h1,4-9H,(H2,14,15). The van der Waals surface area contributed by atoms with Crippen molar-refractivity contribution in [2.45, 2.75) is 0 Å². The lowest BCUT2D eigenvalue weighted by Gasteiger charge is -1.91. The zero-order valence-electron chi connectivity index (χ0n) is 9.41. The van der Waals surface area contributed by atoms with Crippen molar-refractivity contribution in [3.8, 4) is 11.8 Å². The van der Waals surface area contributed by atoms with Crippen molar-refractivity contribution in [2.24, 2.45) is 0 Å². The Balaban J connectivity index is 2.03. The minimum Gasteiger partial charge on any atom is -0.384 e. The van der Waals surface area contributed by atoms with E-state index in [0.29, 0.717) is 5.82 Å². The Kier molecular flexibility index (Phi) is 2.39. The Morgan fingerprint density at radius 1 is 1.17 bits per heavy atom. The zero-order valence-corrected chi connectivity index (χ0v) is 9.41. The largest absolute Gasteiger partial charge is 0.384 e. The van der Waals surface area contributed by atoms with Gasteiger partial charge in [0.2, 0.25) is 0 Å². The van der Waals surface area contributed by atoms with E-state index in [1.54, 1.807) is 29.2 Å². The minimum atomic E-state index is 0.458. The lowest BCUT2D eigenvalue weighted by atomic mass is 10.2. The van der Waals surface area contributed by atoms with Gasteiger partial charge in [0.05, 0.1) is 11.8 Å². The molecule has 0 aliphatic rings. The number of hydrogen-bond acceptors (Lipinski definition) is 4. The molecule has 18 heavy (non-hydrogen) atoms. The fourth-order valence-electron chi connectivity index (χ4n) is 1.58. The number of pyridine rings is 1. The first-order valence-electron chi connectivity index (χ1n) is 5.35. The molecule has 3 rings (SSSR count). The average Bonchev–Trinajstić information content (AvgIpc) is 2.80. The van der Waals surface area contributed by atoms with E-state index in [1.807, 2.05) is 18.3 Å². The van der Waals surface area contributed by atoms with Crippen LogP contribution in [0.2, 0.25) is 0 Å². The number of nitrogen functional groups attached to an aromatic ring is 1. The van der Waals surface area contributed by atoms with E-state index < -0.39 is 0 Å². The number of aromatic nitrogens is 4. The predicted molar refractivity (Wildman–Crippen MR) is 67.6 cm³/mol. The summed E-state index contributed by atoms with van der Waals surface area (Å²) in [6.45, 7) is 0. The van der Waals surface area contributed by atoms with Gasteiger partial charge in [0.1, 0.15) is 5.82 Å². The van der Waals surface area contributed by atoms with Gasteiger partial charge in [0.15, 0.2) is 5.65 Å². The molecule has 0 aliphatic carbocycles. The molecule has 0 spiro atoms. The number of fused-ring (bicyclic) bond motifs is 1. The third-order valence-corrected chi connectivity index (χ3v) is 2.40. The summed E-state index contributed by atoms with van der Waals surface area (Å²) < 4.78 is 1.69. The highest BCUT2D eigenvalue weighted by Crippen LogP contribution is 2.06. The highest BCUT2D eigenvalue weighted by atomic mass is 15.2. The Morgan fingerprint density at radius 2 is 2.11 bits per heavy atom. The van der Waals surface area contributed by atoms with Crippen LogP contribution in [-0.4, -0.2) is 19.6 Å². The van der Waals surface area contributed by atoms with E-state index in [-0.39, 0.29) is 0 Å². The summed E-state index contributed by atoms with van der Waals surface area (Å²) in [6.07, 6.45) is 6.87. The molecule has 0 saturated heterocycles. The summed E-state index contributed by atoms with van der Waals surface area (Å²) in [7, 11) is 0. The maximum Gasteiger partial charge on any atom is 0.170 e. The molecule has 5 nitrogen and oxygen atoms in total. The van der Waals surface area contributed by atoms with Crippen LogP contribution in [0.4, 0.5) is 5.82 Å². The van der Waals surface area contributed by atoms with E-state index in [0.717, 1.165) is 16.8 Å². The van der Waals surface area contributed by atoms with Crippen LogP contribution >= 0.6 is 0 Å². The number of rotatable bonds is 0. The molecular formula is C13H9N5. The average molecular weight is 235 g/mol. The molecule has 0 radical (unpaired) electrons. The first-order valence-corrected chi connectivity index (χ1v) is 5.35. The third-order valence-electron chi connectivity index (χ3n) is 2.40. The lowest BCUT2D eigenvalue weighted by Crippen LogP contribution is -1.89. The molecule has 0 amide bonds. The second kappa shape index (κ2) is 4.18. The van der Waals surface area contributed by atoms with E-state index >= 15 is 0 Å². The van der Waals surface area contributed by atoms with Gasteiger partial charge in [-0.05, 0) is 18.2 Å². The van der Waals surface area contributed by atoms with Gasteiger partial charge in [0.25, 0.3) is 0 Å². The van der Waals surface area contributed by atoms with Crippen LogP contribution in [0.5, 0.6) is 0 Å². The molecule has 86 valence electrons. The molecule has 0 fully saturated rings. The highest BCUT2D eigenvalue weighted by molar-refractivity contribution is 5.57. The second-order valence-corrected chi connectivity index (χ2v) is 3.67. The molecule has 3 heterocycles. The summed E-state index contributed by atoms with van der Waals surface area (Å²) in [5, 5.41) is 4.16. The van der Waals surface area contributed by atoms with Crippen LogP contribution in [0, 0.1) is 11.8 Å². The molecule has 0 bridgehead atoms. The Hall–Kier alpha value is -2.87. The van der Waals surface area contributed by atoms with E-state index in [2.05, 4.69) is 26.9 Å². The van der Waals surface area contributed by atoms with Crippen LogP contribution in [-0.2, 0) is 0 Å². The Bertz CT molecular complexity index is 763. The summed E-state index contributed by atoms with van der Waals surface area (Å²) in [4.78, 5) is 8.15. The lowest BCUT2D eigenvalue weighted by molar-refractivity contribution is 0.939. The smallest absolute Gasteiger partial charge is 0.170 e. The number of anilines is 1. The van der Waals surface area contributed by atoms with Gasteiger partial charge in [-0.3, -0.25) is 0 Å². The predicted octanol–water partition coefficient (Wildman–Crippen LogP) is 1.11. The van der Waals surface area contributed by atoms with Crippen molar-refractivity contribution in [3.05, 3.63) is 54.1 Å². The quantitative estimate of drug-likeness (QED) is 0.592. The first kappa shape index (κ1) is 10.3. The molecule has 0 aliphatic heterocycles. The van der Waals surface area contributed by atoms with E-state index in [9.17, 15) is 0 Å². The molecule has 3 aromatic heterocycles. The van der Waals surface area contributed by atoms with Crippen molar-refractivity contribution < 1.29 is 0 Å². The first-order chi connectivity index (χ1) is 8.83. The van der Waals surface area contributed by atoms with E-state index in [4.69, 9.17) is 5.73 Å². The summed E-state index contributed by atoms with van der Waals surface area (Å²) in [5.41, 5.74) is 7.93. The molecule has 0 unspecified atom stereocenters. The molecule has 0 saturated carbocycles. The SMILES string of the molecule is Nc1cc(C#Cc2cnn3cccnc23)ccn1. The minimum absolute atomic E-state index is 0.458. The van der Waals surface area contributed by atoms with Crippen molar-refractivity contribution in [1.29, 1.82) is 0 Å². The van der Waals surface area contributed by atoms with Crippen LogP contribution in [0.3, 0.4) is 0 Å². The molecule has 0 aromatic carbocycles. The van der Waals surface area contributed by atoms with Gasteiger partial charge in [-0.2, -0.15) is 5.10 Å². The fourth-order valence-corrected chi connectivity index (χ4v) is 1.58. The number of hydrogen-bond donors (Lipinski definition) is 1. The normalized spacial score (nSPS) is 10.0. The Labute approximate surface area is 103 Å². The molecule has 5 heteroatoms. The number of nitrogens with two attached hydrogens (primary N) is 1. The fraction of sp³-hybridized carbons (Fsp3) is 0. The topological polar surface area (TPSA) is 69.1 Å². The van der Waals surface area contributed by atoms with Gasteiger partial charge < -0.3 is 5.73 Å². The van der Waals surface area contributed by atoms with E-state index in [1.165, 1.54) is 0 Å². The Morgan fingerprint density at radius 3 is 3.00 bits per heavy atom. The van der Waals surface area contributed by atoms with Gasteiger partial charge in [-0.1, -0.05) is 11.8 Å². The van der Waals surface area contributed by atoms with Gasteiger partial charge in [-0.15, -0.1) is 0 Å². The van der Waals surface area contributed by atoms with Gasteiger partial charge >= 0.3 is 0 Å². The molecular weight excluding hydrogens is 226 g/mol. The van der Waals surface area contributed by atoms with Gasteiger partial charge in [-0.25, -0.2) is 14.5 Å². The molecule has 0 atom stereocenters. The summed E-state index contributed by atoms with van der Waals surface area (Å²) >= 11 is 0. The summed E-state index contributed by atoms with van der Waals surface area (Å²) in [5.74, 6) is 6.51. The van der Waals surface area contributed by atoms with Crippen LogP contribution in [0.25, 0.3) is 5.65 Å². The zero-order chi connectivity index (χ0) is 12.4. The van der Waals surface area contributed by atoms with Gasteiger partial charge in [0, 0.05) is 24.2 Å². The van der Waals surface area contributed by atoms with Crippen molar-refractivity contribution >= 4 is 11.5 Å². The van der Waals surface area contributed by atoms with Crippen LogP contribution in [0.15, 0.2) is 43.0 Å². The third kappa shape index (κ3) is 1.87. The maximum absolute atomic E-state index is 5.59. The highest BCUT2D eigenvalue weighted by Gasteiger charge is 2.00. The van der Waals surface area contributed by atoms with Crippen molar-refractivity contribution in [3.63, 3.8) is 0 Å².